The molecule has 0 amide bonds. The van der Waals surface area contributed by atoms with Gasteiger partial charge in [-0.1, -0.05) is 7.43 Å². The van der Waals surface area contributed by atoms with Crippen molar-refractivity contribution in [3.05, 3.63) is 0 Å². The minimum absolute atomic E-state index is 0. The Morgan fingerprint density at radius 1 is 0.353 bits per heavy atom. The molecule has 4 N–H and O–H groups in total. The van der Waals surface area contributed by atoms with Gasteiger partial charge >= 0.3 is 0 Å². The van der Waals surface area contributed by atoms with E-state index in [4.69, 9.17) is 0 Å². The summed E-state index contributed by atoms with van der Waals surface area (Å²) in [6.07, 6.45) is 4.95. The van der Waals surface area contributed by atoms with Crippen LogP contribution in [-0.4, -0.2) is 52.4 Å². The smallest absolute Gasteiger partial charge is 0.00368 e. The van der Waals surface area contributed by atoms with Crippen LogP contribution in [-0.2, 0) is 0 Å². The number of hydrogen-bond acceptors (Lipinski definition) is 4. The molecule has 1 aliphatic rings. The lowest BCUT2D eigenvalue weighted by molar-refractivity contribution is 0.527. The van der Waals surface area contributed by atoms with Crippen LogP contribution in [0.4, 0.5) is 0 Å². The third-order valence-electron chi connectivity index (χ3n) is 2.83. The van der Waals surface area contributed by atoms with E-state index in [-0.39, 0.29) is 7.43 Å². The largest absolute Gasteiger partial charge is 0.317 e. The second-order valence-corrected chi connectivity index (χ2v) is 4.41. The summed E-state index contributed by atoms with van der Waals surface area (Å²) in [6.45, 7) is 9.15. The Hall–Kier alpha value is -0.160. The van der Waals surface area contributed by atoms with E-state index in [1.807, 2.05) is 0 Å². The third-order valence-corrected chi connectivity index (χ3v) is 2.83. The highest BCUT2D eigenvalue weighted by molar-refractivity contribution is 4.57. The predicted molar refractivity (Wildman–Crippen MR) is 76.7 cm³/mol. The molecule has 17 heavy (non-hydrogen) atoms. The van der Waals surface area contributed by atoms with Gasteiger partial charge in [-0.25, -0.2) is 0 Å². The fraction of sp³-hybridized carbons (Fsp3) is 1.00. The van der Waals surface area contributed by atoms with Crippen LogP contribution in [0.3, 0.4) is 0 Å². The molecule has 4 heteroatoms. The molecular formula is C13H32N4. The van der Waals surface area contributed by atoms with Crippen LogP contribution in [0.2, 0.25) is 0 Å². The van der Waals surface area contributed by atoms with Gasteiger partial charge in [-0.2, -0.15) is 0 Å². The first-order valence-corrected chi connectivity index (χ1v) is 6.83. The molecule has 0 unspecified atom stereocenters. The fourth-order valence-electron chi connectivity index (χ4n) is 1.85. The van der Waals surface area contributed by atoms with Crippen molar-refractivity contribution in [2.24, 2.45) is 0 Å². The highest BCUT2D eigenvalue weighted by atomic mass is 14.9. The molecule has 1 fully saturated rings. The van der Waals surface area contributed by atoms with Gasteiger partial charge < -0.3 is 21.3 Å². The van der Waals surface area contributed by atoms with Crippen molar-refractivity contribution in [2.45, 2.75) is 33.1 Å². The molecule has 0 atom stereocenters. The molecule has 1 aliphatic heterocycles. The SMILES string of the molecule is C.C1CNCCCNCCCNCCCNC1. The van der Waals surface area contributed by atoms with Gasteiger partial charge in [0.05, 0.1) is 0 Å². The third kappa shape index (κ3) is 12.1. The minimum Gasteiger partial charge on any atom is -0.317 e. The fourth-order valence-corrected chi connectivity index (χ4v) is 1.85. The summed E-state index contributed by atoms with van der Waals surface area (Å²) in [5, 5.41) is 13.9. The second-order valence-electron chi connectivity index (χ2n) is 4.41. The average molecular weight is 244 g/mol. The Bertz CT molecular complexity index is 77.4. The predicted octanol–water partition coefficient (Wildman–Crippen LogP) is 0.555. The van der Waals surface area contributed by atoms with Crippen LogP contribution in [0, 0.1) is 0 Å². The van der Waals surface area contributed by atoms with Gasteiger partial charge in [0.15, 0.2) is 0 Å². The molecule has 0 bridgehead atoms. The van der Waals surface area contributed by atoms with E-state index in [0.717, 1.165) is 52.4 Å². The molecule has 104 valence electrons. The Labute approximate surface area is 107 Å². The summed E-state index contributed by atoms with van der Waals surface area (Å²) in [7, 11) is 0. The summed E-state index contributed by atoms with van der Waals surface area (Å²) in [6, 6.07) is 0. The molecule has 4 nitrogen and oxygen atoms in total. The van der Waals surface area contributed by atoms with Gasteiger partial charge in [0.1, 0.15) is 0 Å². The van der Waals surface area contributed by atoms with Crippen LogP contribution in [0.1, 0.15) is 33.1 Å². The lowest BCUT2D eigenvalue weighted by atomic mass is 10.3. The van der Waals surface area contributed by atoms with Gasteiger partial charge in [0.2, 0.25) is 0 Å². The van der Waals surface area contributed by atoms with Crippen molar-refractivity contribution in [1.29, 1.82) is 0 Å². The highest BCUT2D eigenvalue weighted by Crippen LogP contribution is 1.81. The van der Waals surface area contributed by atoms with Crippen molar-refractivity contribution in [2.75, 3.05) is 52.4 Å². The van der Waals surface area contributed by atoms with E-state index in [2.05, 4.69) is 21.3 Å². The first kappa shape index (κ1) is 16.8. The van der Waals surface area contributed by atoms with E-state index in [9.17, 15) is 0 Å². The summed E-state index contributed by atoms with van der Waals surface area (Å²) in [4.78, 5) is 0. The maximum Gasteiger partial charge on any atom is -0.00368 e. The van der Waals surface area contributed by atoms with Crippen molar-refractivity contribution in [1.82, 2.24) is 21.3 Å². The van der Waals surface area contributed by atoms with Gasteiger partial charge in [-0.3, -0.25) is 0 Å². The summed E-state index contributed by atoms with van der Waals surface area (Å²) < 4.78 is 0. The molecule has 1 saturated heterocycles. The van der Waals surface area contributed by atoms with Gasteiger partial charge in [-0.15, -0.1) is 0 Å². The number of nitrogens with one attached hydrogen (secondary N) is 4. The quantitative estimate of drug-likeness (QED) is 0.503. The molecule has 0 aliphatic carbocycles. The molecule has 0 spiro atoms. The van der Waals surface area contributed by atoms with E-state index in [1.165, 1.54) is 25.7 Å². The maximum absolute atomic E-state index is 3.47. The summed E-state index contributed by atoms with van der Waals surface area (Å²) >= 11 is 0. The van der Waals surface area contributed by atoms with Crippen LogP contribution >= 0.6 is 0 Å². The monoisotopic (exact) mass is 244 g/mol. The Morgan fingerprint density at radius 2 is 0.529 bits per heavy atom. The Morgan fingerprint density at radius 3 is 0.706 bits per heavy atom. The van der Waals surface area contributed by atoms with Crippen LogP contribution in [0.15, 0.2) is 0 Å². The average Bonchev–Trinajstić information content (AvgIpc) is 2.29. The van der Waals surface area contributed by atoms with Crippen LogP contribution < -0.4 is 21.3 Å². The standard InChI is InChI=1S/C12H28N4.CH4/c1-5-13-7-2-9-15-11-4-12-16-10-3-8-14-6-1;/h13-16H,1-12H2;1H4. The second kappa shape index (κ2) is 13.9. The maximum atomic E-state index is 3.47. The molecule has 0 aromatic rings. The highest BCUT2D eigenvalue weighted by Gasteiger charge is 1.93. The Kier molecular flexibility index (Phi) is 13.8. The van der Waals surface area contributed by atoms with E-state index in [0.29, 0.717) is 0 Å². The lowest BCUT2D eigenvalue weighted by Crippen LogP contribution is -2.29. The molecule has 1 rings (SSSR count). The van der Waals surface area contributed by atoms with Gasteiger partial charge in [0.25, 0.3) is 0 Å². The van der Waals surface area contributed by atoms with Crippen LogP contribution in [0.5, 0.6) is 0 Å². The zero-order chi connectivity index (χ0) is 11.3. The van der Waals surface area contributed by atoms with Crippen molar-refractivity contribution in [3.63, 3.8) is 0 Å². The normalized spacial score (nSPS) is 22.6. The molecule has 0 aromatic heterocycles. The Balaban J connectivity index is 0.00000256. The molecule has 1 heterocycles. The van der Waals surface area contributed by atoms with E-state index >= 15 is 0 Å². The van der Waals surface area contributed by atoms with Crippen molar-refractivity contribution >= 4 is 0 Å². The summed E-state index contributed by atoms with van der Waals surface area (Å²) in [5.41, 5.74) is 0. The van der Waals surface area contributed by atoms with Gasteiger partial charge in [-0.05, 0) is 78.0 Å². The molecule has 0 saturated carbocycles. The van der Waals surface area contributed by atoms with Crippen LogP contribution in [0.25, 0.3) is 0 Å². The van der Waals surface area contributed by atoms with Crippen molar-refractivity contribution < 1.29 is 0 Å². The zero-order valence-electron chi connectivity index (χ0n) is 10.5. The molecule has 0 aromatic carbocycles. The topological polar surface area (TPSA) is 48.1 Å². The van der Waals surface area contributed by atoms with Gasteiger partial charge in [0, 0.05) is 0 Å². The minimum atomic E-state index is 0. The first-order valence-electron chi connectivity index (χ1n) is 6.83. The van der Waals surface area contributed by atoms with E-state index in [1.54, 1.807) is 0 Å². The lowest BCUT2D eigenvalue weighted by Gasteiger charge is -2.09. The van der Waals surface area contributed by atoms with Crippen molar-refractivity contribution in [3.8, 4) is 0 Å². The number of rotatable bonds is 0. The number of hydrogen-bond donors (Lipinski definition) is 4. The molecular weight excluding hydrogens is 212 g/mol. The summed E-state index contributed by atoms with van der Waals surface area (Å²) in [5.74, 6) is 0. The first-order chi connectivity index (χ1) is 8.00. The zero-order valence-corrected chi connectivity index (χ0v) is 10.5. The molecule has 0 radical (unpaired) electrons. The van der Waals surface area contributed by atoms with E-state index < -0.39 is 0 Å².